The molecule has 0 saturated carbocycles. The normalized spacial score (nSPS) is 14.7. The maximum absolute atomic E-state index is 12.9. The number of carbonyl (C=O) groups excluding carboxylic acids is 3. The molecule has 3 amide bonds. The first-order chi connectivity index (χ1) is 14.7. The SMILES string of the molecule is CSCCC(NC(=O)C(N)CS)C(=O)NC(Cc1cnc[nH]1)C(=O)NC(CS)C(=O)O. The Hall–Kier alpha value is -1.90. The summed E-state index contributed by atoms with van der Waals surface area (Å²) >= 11 is 9.40. The van der Waals surface area contributed by atoms with Crippen LogP contribution in [0.25, 0.3) is 0 Å². The molecule has 0 aliphatic carbocycles. The standard InChI is InChI=1S/C17H28N6O5S3/c1-31-3-2-11(21-14(24)10(18)6-29)15(25)22-12(4-9-5-19-8-20-9)16(26)23-13(7-30)17(27)28/h5,8,10-13,29-30H,2-4,6-7,18H2,1H3,(H,19,20)(H,21,24)(H,22,25)(H,23,26)(H,27,28). The van der Waals surface area contributed by atoms with Crippen LogP contribution >= 0.6 is 37.0 Å². The van der Waals surface area contributed by atoms with E-state index in [1.54, 1.807) is 0 Å². The van der Waals surface area contributed by atoms with Gasteiger partial charge in [0.25, 0.3) is 0 Å². The Morgan fingerprint density at radius 1 is 1.10 bits per heavy atom. The van der Waals surface area contributed by atoms with Gasteiger partial charge < -0.3 is 31.8 Å². The summed E-state index contributed by atoms with van der Waals surface area (Å²) in [6, 6.07) is -4.15. The Morgan fingerprint density at radius 3 is 2.23 bits per heavy atom. The first kappa shape index (κ1) is 27.1. The molecule has 1 rings (SSSR count). The van der Waals surface area contributed by atoms with E-state index in [9.17, 15) is 19.2 Å². The summed E-state index contributed by atoms with van der Waals surface area (Å²) in [7, 11) is 0. The van der Waals surface area contributed by atoms with Gasteiger partial charge in [-0.3, -0.25) is 14.4 Å². The fraction of sp³-hybridized carbons (Fsp3) is 0.588. The van der Waals surface area contributed by atoms with Gasteiger partial charge in [-0.1, -0.05) is 0 Å². The predicted octanol–water partition coefficient (Wildman–Crippen LogP) is -1.57. The van der Waals surface area contributed by atoms with Crippen molar-refractivity contribution in [2.75, 3.05) is 23.5 Å². The van der Waals surface area contributed by atoms with Crippen LogP contribution in [-0.2, 0) is 25.6 Å². The number of imidazole rings is 1. The summed E-state index contributed by atoms with van der Waals surface area (Å²) in [4.78, 5) is 55.7. The highest BCUT2D eigenvalue weighted by Crippen LogP contribution is 2.05. The number of H-pyrrole nitrogens is 1. The van der Waals surface area contributed by atoms with Gasteiger partial charge in [0.1, 0.15) is 18.1 Å². The predicted molar refractivity (Wildman–Crippen MR) is 124 cm³/mol. The number of carboxylic acids is 1. The van der Waals surface area contributed by atoms with Crippen LogP contribution in [0, 0.1) is 0 Å². The van der Waals surface area contributed by atoms with Crippen molar-refractivity contribution in [1.29, 1.82) is 0 Å². The van der Waals surface area contributed by atoms with Crippen LogP contribution < -0.4 is 21.7 Å². The molecule has 7 N–H and O–H groups in total. The maximum atomic E-state index is 12.9. The average Bonchev–Trinajstić information content (AvgIpc) is 3.26. The topological polar surface area (TPSA) is 179 Å². The lowest BCUT2D eigenvalue weighted by atomic mass is 10.1. The molecule has 0 aliphatic heterocycles. The van der Waals surface area contributed by atoms with E-state index in [-0.39, 0.29) is 17.9 Å². The summed E-state index contributed by atoms with van der Waals surface area (Å²) in [5.74, 6) is -2.52. The second-order valence-electron chi connectivity index (χ2n) is 6.56. The number of hydrogen-bond acceptors (Lipinski definition) is 9. The van der Waals surface area contributed by atoms with Gasteiger partial charge in [-0.15, -0.1) is 0 Å². The lowest BCUT2D eigenvalue weighted by Crippen LogP contribution is -2.58. The van der Waals surface area contributed by atoms with Gasteiger partial charge in [-0.2, -0.15) is 37.0 Å². The van der Waals surface area contributed by atoms with Crippen molar-refractivity contribution < 1.29 is 24.3 Å². The number of carboxylic acid groups (broad SMARTS) is 1. The molecule has 174 valence electrons. The minimum Gasteiger partial charge on any atom is -0.480 e. The molecule has 4 atom stereocenters. The van der Waals surface area contributed by atoms with Crippen LogP contribution in [0.15, 0.2) is 12.5 Å². The van der Waals surface area contributed by atoms with Crippen molar-refractivity contribution in [1.82, 2.24) is 25.9 Å². The monoisotopic (exact) mass is 492 g/mol. The number of aromatic amines is 1. The molecule has 0 fully saturated rings. The van der Waals surface area contributed by atoms with Crippen LogP contribution in [0.1, 0.15) is 12.1 Å². The quantitative estimate of drug-likeness (QED) is 0.143. The first-order valence-corrected chi connectivity index (χ1v) is 12.0. The van der Waals surface area contributed by atoms with Gasteiger partial charge in [0.15, 0.2) is 0 Å². The largest absolute Gasteiger partial charge is 0.480 e. The van der Waals surface area contributed by atoms with Crippen LogP contribution in [-0.4, -0.2) is 86.4 Å². The highest BCUT2D eigenvalue weighted by molar-refractivity contribution is 7.98. The maximum Gasteiger partial charge on any atom is 0.327 e. The third kappa shape index (κ3) is 9.41. The zero-order chi connectivity index (χ0) is 23.4. The summed E-state index contributed by atoms with van der Waals surface area (Å²) in [5.41, 5.74) is 6.22. The molecule has 1 aromatic rings. The lowest BCUT2D eigenvalue weighted by Gasteiger charge is -2.24. The van der Waals surface area contributed by atoms with Crippen molar-refractivity contribution in [3.05, 3.63) is 18.2 Å². The Kier molecular flexibility index (Phi) is 12.4. The molecule has 31 heavy (non-hydrogen) atoms. The Bertz CT molecular complexity index is 736. The number of nitrogens with two attached hydrogens (primary N) is 1. The fourth-order valence-corrected chi connectivity index (χ4v) is 3.31. The van der Waals surface area contributed by atoms with E-state index in [4.69, 9.17) is 10.8 Å². The number of amides is 3. The molecule has 0 aliphatic rings. The molecule has 0 bridgehead atoms. The number of aromatic nitrogens is 2. The summed E-state index contributed by atoms with van der Waals surface area (Å²) in [5, 5.41) is 16.7. The molecule has 1 heterocycles. The minimum atomic E-state index is -1.25. The molecule has 0 spiro atoms. The van der Waals surface area contributed by atoms with Crippen molar-refractivity contribution in [2.45, 2.75) is 37.0 Å². The zero-order valence-corrected chi connectivity index (χ0v) is 19.5. The third-order valence-electron chi connectivity index (χ3n) is 4.19. The number of thioether (sulfide) groups is 1. The van der Waals surface area contributed by atoms with E-state index < -0.39 is 47.9 Å². The summed E-state index contributed by atoms with van der Waals surface area (Å²) in [6.07, 6.45) is 5.10. The molecule has 0 saturated heterocycles. The van der Waals surface area contributed by atoms with Crippen molar-refractivity contribution in [3.8, 4) is 0 Å². The molecule has 1 aromatic heterocycles. The molecular formula is C17H28N6O5S3. The van der Waals surface area contributed by atoms with Gasteiger partial charge in [0.2, 0.25) is 17.7 Å². The zero-order valence-electron chi connectivity index (χ0n) is 16.9. The van der Waals surface area contributed by atoms with Crippen molar-refractivity contribution in [3.63, 3.8) is 0 Å². The highest BCUT2D eigenvalue weighted by atomic mass is 32.2. The first-order valence-electron chi connectivity index (χ1n) is 9.30. The van der Waals surface area contributed by atoms with E-state index in [1.807, 2.05) is 6.26 Å². The second-order valence-corrected chi connectivity index (χ2v) is 8.27. The third-order valence-corrected chi connectivity index (χ3v) is 5.59. The Balaban J connectivity index is 2.98. The van der Waals surface area contributed by atoms with Gasteiger partial charge in [0, 0.05) is 29.8 Å². The Labute approximate surface area is 195 Å². The number of hydrogen-bond donors (Lipinski definition) is 8. The van der Waals surface area contributed by atoms with Crippen LogP contribution in [0.3, 0.4) is 0 Å². The minimum absolute atomic E-state index is 0.0375. The van der Waals surface area contributed by atoms with Gasteiger partial charge >= 0.3 is 5.97 Å². The smallest absolute Gasteiger partial charge is 0.327 e. The number of rotatable bonds is 14. The molecule has 0 radical (unpaired) electrons. The summed E-state index contributed by atoms with van der Waals surface area (Å²) in [6.45, 7) is 0. The number of nitrogens with one attached hydrogen (secondary N) is 4. The number of thiol groups is 2. The molecular weight excluding hydrogens is 464 g/mol. The molecule has 11 nitrogen and oxygen atoms in total. The van der Waals surface area contributed by atoms with E-state index in [2.05, 4.69) is 51.2 Å². The summed E-state index contributed by atoms with van der Waals surface area (Å²) < 4.78 is 0. The molecule has 14 heteroatoms. The van der Waals surface area contributed by atoms with E-state index in [1.165, 1.54) is 24.3 Å². The number of aliphatic carboxylic acids is 1. The van der Waals surface area contributed by atoms with Crippen LogP contribution in [0.2, 0.25) is 0 Å². The Morgan fingerprint density at radius 2 is 1.71 bits per heavy atom. The van der Waals surface area contributed by atoms with Crippen LogP contribution in [0.4, 0.5) is 0 Å². The number of nitrogens with zero attached hydrogens (tertiary/aromatic N) is 1. The van der Waals surface area contributed by atoms with Gasteiger partial charge in [0.05, 0.1) is 12.4 Å². The van der Waals surface area contributed by atoms with E-state index in [0.29, 0.717) is 17.9 Å². The highest BCUT2D eigenvalue weighted by Gasteiger charge is 2.30. The van der Waals surface area contributed by atoms with Crippen LogP contribution in [0.5, 0.6) is 0 Å². The van der Waals surface area contributed by atoms with Crippen molar-refractivity contribution in [2.24, 2.45) is 5.73 Å². The molecule has 4 unspecified atom stereocenters. The lowest BCUT2D eigenvalue weighted by molar-refractivity contribution is -0.141. The molecule has 0 aromatic carbocycles. The fourth-order valence-electron chi connectivity index (χ4n) is 2.42. The number of carbonyl (C=O) groups is 4. The van der Waals surface area contributed by atoms with Gasteiger partial charge in [-0.05, 0) is 18.4 Å². The van der Waals surface area contributed by atoms with E-state index >= 15 is 0 Å². The van der Waals surface area contributed by atoms with Crippen molar-refractivity contribution >= 4 is 60.7 Å². The van der Waals surface area contributed by atoms with E-state index in [0.717, 1.165) is 0 Å². The van der Waals surface area contributed by atoms with Gasteiger partial charge in [-0.25, -0.2) is 9.78 Å². The average molecular weight is 493 g/mol. The second kappa shape index (κ2) is 14.2.